The van der Waals surface area contributed by atoms with Gasteiger partial charge in [0, 0.05) is 0 Å². The molecule has 0 bridgehead atoms. The Labute approximate surface area is 122 Å². The highest BCUT2D eigenvalue weighted by molar-refractivity contribution is 7.86. The zero-order chi connectivity index (χ0) is 15.1. The first kappa shape index (κ1) is 15.5. The molecule has 0 radical (unpaired) electrons. The van der Waals surface area contributed by atoms with Gasteiger partial charge in [0.2, 0.25) is 0 Å². The molecule has 0 aliphatic heterocycles. The van der Waals surface area contributed by atoms with Crippen LogP contribution in [0, 0.1) is 0 Å². The summed E-state index contributed by atoms with van der Waals surface area (Å²) in [6, 6.07) is 2.01. The second kappa shape index (κ2) is 5.49. The first-order chi connectivity index (χ1) is 9.23. The molecule has 0 spiro atoms. The van der Waals surface area contributed by atoms with Crippen molar-refractivity contribution in [3.8, 4) is 0 Å². The Balaban J connectivity index is 2.87. The molecule has 1 aromatic carbocycles. The molecule has 20 heavy (non-hydrogen) atoms. The van der Waals surface area contributed by atoms with Crippen molar-refractivity contribution in [2.75, 3.05) is 0 Å². The lowest BCUT2D eigenvalue weighted by molar-refractivity contribution is 0.478. The summed E-state index contributed by atoms with van der Waals surface area (Å²) in [5, 5.41) is 0. The second-order valence-electron chi connectivity index (χ2n) is 6.34. The SMILES string of the molecule is CC(C)c1cc2c(c(C(C)C)c1S(=O)(=O)O)CCCC2. The van der Waals surface area contributed by atoms with Crippen molar-refractivity contribution >= 4 is 10.1 Å². The fraction of sp³-hybridized carbons (Fsp3) is 0.625. The zero-order valence-electron chi connectivity index (χ0n) is 12.7. The molecule has 4 heteroatoms. The van der Waals surface area contributed by atoms with Crippen molar-refractivity contribution in [2.45, 2.75) is 70.1 Å². The van der Waals surface area contributed by atoms with E-state index in [1.807, 2.05) is 33.8 Å². The van der Waals surface area contributed by atoms with Crippen LogP contribution in [0.15, 0.2) is 11.0 Å². The maximum atomic E-state index is 11.9. The molecule has 1 aliphatic rings. The molecule has 0 amide bonds. The van der Waals surface area contributed by atoms with E-state index in [2.05, 4.69) is 0 Å². The van der Waals surface area contributed by atoms with E-state index in [1.165, 1.54) is 5.56 Å². The molecule has 0 fully saturated rings. The fourth-order valence-corrected chi connectivity index (χ4v) is 4.50. The van der Waals surface area contributed by atoms with Gasteiger partial charge in [-0.15, -0.1) is 0 Å². The Morgan fingerprint density at radius 1 is 1.05 bits per heavy atom. The molecule has 0 unspecified atom stereocenters. The smallest absolute Gasteiger partial charge is 0.282 e. The van der Waals surface area contributed by atoms with Crippen molar-refractivity contribution in [3.63, 3.8) is 0 Å². The Kier molecular flexibility index (Phi) is 4.26. The molecule has 0 atom stereocenters. The van der Waals surface area contributed by atoms with Gasteiger partial charge in [-0.2, -0.15) is 8.42 Å². The first-order valence-corrected chi connectivity index (χ1v) is 8.83. The van der Waals surface area contributed by atoms with E-state index in [4.69, 9.17) is 0 Å². The lowest BCUT2D eigenvalue weighted by Crippen LogP contribution is -2.16. The van der Waals surface area contributed by atoms with Gasteiger partial charge in [0.25, 0.3) is 10.1 Å². The Bertz CT molecular complexity index is 613. The summed E-state index contributed by atoms with van der Waals surface area (Å²) in [7, 11) is -4.19. The predicted octanol–water partition coefficient (Wildman–Crippen LogP) is 4.06. The Hall–Kier alpha value is -0.870. The number of fused-ring (bicyclic) bond motifs is 1. The Morgan fingerprint density at radius 3 is 2.15 bits per heavy atom. The van der Waals surface area contributed by atoms with E-state index >= 15 is 0 Å². The van der Waals surface area contributed by atoms with Crippen molar-refractivity contribution in [1.82, 2.24) is 0 Å². The van der Waals surface area contributed by atoms with E-state index in [1.54, 1.807) is 0 Å². The highest BCUT2D eigenvalue weighted by Gasteiger charge is 2.29. The van der Waals surface area contributed by atoms with Crippen LogP contribution in [-0.4, -0.2) is 13.0 Å². The van der Waals surface area contributed by atoms with Crippen LogP contribution in [-0.2, 0) is 23.0 Å². The molecule has 0 aromatic heterocycles. The van der Waals surface area contributed by atoms with Gasteiger partial charge in [-0.25, -0.2) is 0 Å². The van der Waals surface area contributed by atoms with Gasteiger partial charge < -0.3 is 0 Å². The molecule has 1 N–H and O–H groups in total. The van der Waals surface area contributed by atoms with E-state index in [-0.39, 0.29) is 16.7 Å². The predicted molar refractivity (Wildman–Crippen MR) is 81.1 cm³/mol. The maximum Gasteiger partial charge on any atom is 0.295 e. The summed E-state index contributed by atoms with van der Waals surface area (Å²) in [6.07, 6.45) is 4.19. The minimum Gasteiger partial charge on any atom is -0.282 e. The van der Waals surface area contributed by atoms with Gasteiger partial charge in [0.05, 0.1) is 0 Å². The molecule has 0 saturated heterocycles. The van der Waals surface area contributed by atoms with Crippen LogP contribution in [0.2, 0.25) is 0 Å². The average Bonchev–Trinajstić information content (AvgIpc) is 2.34. The van der Waals surface area contributed by atoms with Gasteiger partial charge >= 0.3 is 0 Å². The third-order valence-electron chi connectivity index (χ3n) is 4.13. The number of hydrogen-bond donors (Lipinski definition) is 1. The van der Waals surface area contributed by atoms with Crippen LogP contribution >= 0.6 is 0 Å². The van der Waals surface area contributed by atoms with E-state index < -0.39 is 10.1 Å². The minimum atomic E-state index is -4.19. The van der Waals surface area contributed by atoms with Crippen molar-refractivity contribution < 1.29 is 13.0 Å². The summed E-state index contributed by atoms with van der Waals surface area (Å²) in [5.74, 6) is 0.175. The second-order valence-corrected chi connectivity index (χ2v) is 7.70. The van der Waals surface area contributed by atoms with Crippen molar-refractivity contribution in [3.05, 3.63) is 28.3 Å². The number of benzene rings is 1. The monoisotopic (exact) mass is 296 g/mol. The zero-order valence-corrected chi connectivity index (χ0v) is 13.5. The molecular weight excluding hydrogens is 272 g/mol. The third-order valence-corrected chi connectivity index (χ3v) is 5.10. The molecule has 0 heterocycles. The largest absolute Gasteiger partial charge is 0.295 e. The van der Waals surface area contributed by atoms with Crippen molar-refractivity contribution in [1.29, 1.82) is 0 Å². The number of hydrogen-bond acceptors (Lipinski definition) is 2. The van der Waals surface area contributed by atoms with Crippen LogP contribution in [0.4, 0.5) is 0 Å². The van der Waals surface area contributed by atoms with Gasteiger partial charge in [-0.1, -0.05) is 33.8 Å². The first-order valence-electron chi connectivity index (χ1n) is 7.39. The van der Waals surface area contributed by atoms with Gasteiger partial charge in [-0.05, 0) is 59.8 Å². The molecule has 1 aromatic rings. The van der Waals surface area contributed by atoms with Crippen LogP contribution in [0.1, 0.15) is 74.6 Å². The average molecular weight is 296 g/mol. The van der Waals surface area contributed by atoms with E-state index in [0.717, 1.165) is 42.4 Å². The van der Waals surface area contributed by atoms with Crippen LogP contribution in [0.5, 0.6) is 0 Å². The van der Waals surface area contributed by atoms with Crippen molar-refractivity contribution in [2.24, 2.45) is 0 Å². The quantitative estimate of drug-likeness (QED) is 0.856. The summed E-state index contributed by atoms with van der Waals surface area (Å²) in [6.45, 7) is 7.96. The van der Waals surface area contributed by atoms with Gasteiger partial charge in [0.1, 0.15) is 4.90 Å². The fourth-order valence-electron chi connectivity index (χ4n) is 3.27. The Morgan fingerprint density at radius 2 is 1.65 bits per heavy atom. The maximum absolute atomic E-state index is 11.9. The molecule has 0 saturated carbocycles. The number of rotatable bonds is 3. The summed E-state index contributed by atoms with van der Waals surface area (Å²) < 4.78 is 33.6. The number of aryl methyl sites for hydroxylation is 1. The van der Waals surface area contributed by atoms with E-state index in [9.17, 15) is 13.0 Å². The standard InChI is InChI=1S/C16H24O3S/c1-10(2)14-9-12-7-5-6-8-13(12)15(11(3)4)16(14)20(17,18)19/h9-11H,5-8H2,1-4H3,(H,17,18,19). The highest BCUT2D eigenvalue weighted by atomic mass is 32.2. The van der Waals surface area contributed by atoms with Gasteiger partial charge in [-0.3, -0.25) is 4.55 Å². The molecular formula is C16H24O3S. The van der Waals surface area contributed by atoms with Crippen LogP contribution in [0.25, 0.3) is 0 Å². The minimum absolute atomic E-state index is 0.0802. The van der Waals surface area contributed by atoms with Crippen LogP contribution in [0.3, 0.4) is 0 Å². The molecule has 3 nitrogen and oxygen atoms in total. The molecule has 112 valence electrons. The molecule has 1 aliphatic carbocycles. The lowest BCUT2D eigenvalue weighted by atomic mass is 9.81. The van der Waals surface area contributed by atoms with Crippen LogP contribution < -0.4 is 0 Å². The third kappa shape index (κ3) is 2.77. The summed E-state index contributed by atoms with van der Waals surface area (Å²) in [4.78, 5) is 0.170. The topological polar surface area (TPSA) is 54.4 Å². The normalized spacial score (nSPS) is 15.8. The molecule has 2 rings (SSSR count). The summed E-state index contributed by atoms with van der Waals surface area (Å²) in [5.41, 5.74) is 4.03. The summed E-state index contributed by atoms with van der Waals surface area (Å²) >= 11 is 0. The van der Waals surface area contributed by atoms with E-state index in [0.29, 0.717) is 0 Å². The van der Waals surface area contributed by atoms with Gasteiger partial charge in [0.15, 0.2) is 0 Å². The lowest BCUT2D eigenvalue weighted by Gasteiger charge is -2.27. The highest BCUT2D eigenvalue weighted by Crippen LogP contribution is 2.38.